The summed E-state index contributed by atoms with van der Waals surface area (Å²) in [6.45, 7) is 5.40. The van der Waals surface area contributed by atoms with Gasteiger partial charge in [-0.15, -0.1) is 0 Å². The fourth-order valence-corrected chi connectivity index (χ4v) is 4.19. The second-order valence-corrected chi connectivity index (χ2v) is 7.77. The van der Waals surface area contributed by atoms with Gasteiger partial charge in [-0.1, -0.05) is 18.2 Å². The zero-order valence-electron chi connectivity index (χ0n) is 17.1. The van der Waals surface area contributed by atoms with Crippen LogP contribution in [0.25, 0.3) is 6.08 Å². The van der Waals surface area contributed by atoms with Crippen molar-refractivity contribution in [2.45, 2.75) is 6.54 Å². The lowest BCUT2D eigenvalue weighted by atomic mass is 10.0. The lowest BCUT2D eigenvalue weighted by molar-refractivity contribution is -1.02. The van der Waals surface area contributed by atoms with E-state index in [1.165, 1.54) is 9.80 Å². The van der Waals surface area contributed by atoms with Gasteiger partial charge in [0.2, 0.25) is 5.78 Å². The van der Waals surface area contributed by atoms with Crippen molar-refractivity contribution in [1.82, 2.24) is 0 Å². The van der Waals surface area contributed by atoms with E-state index in [-0.39, 0.29) is 23.9 Å². The summed E-state index contributed by atoms with van der Waals surface area (Å²) in [6.07, 6.45) is 1.69. The van der Waals surface area contributed by atoms with Crippen molar-refractivity contribution in [3.05, 3.63) is 58.8 Å². The van der Waals surface area contributed by atoms with Crippen LogP contribution in [0.4, 0.5) is 0 Å². The highest BCUT2D eigenvalue weighted by atomic mass is 16.5. The smallest absolute Gasteiger partial charge is 0.231 e. The number of fused-ring (bicyclic) bond motifs is 1. The molecule has 2 aromatic rings. The van der Waals surface area contributed by atoms with Crippen molar-refractivity contribution in [1.29, 1.82) is 0 Å². The molecule has 0 saturated carbocycles. The molecule has 1 fully saturated rings. The molecule has 0 atom stereocenters. The number of benzene rings is 2. The molecule has 7 heteroatoms. The molecule has 0 aromatic heterocycles. The monoisotopic (exact) mass is 412 g/mol. The molecule has 7 nitrogen and oxygen atoms in total. The van der Waals surface area contributed by atoms with Gasteiger partial charge in [0.15, 0.2) is 11.5 Å². The number of nitrogens with one attached hydrogen (secondary N) is 2. The normalized spacial score (nSPS) is 22.1. The minimum absolute atomic E-state index is 0.151. The van der Waals surface area contributed by atoms with Crippen LogP contribution in [0.5, 0.6) is 17.2 Å². The van der Waals surface area contributed by atoms with Crippen LogP contribution in [0, 0.1) is 0 Å². The number of ketones is 1. The average Bonchev–Trinajstić information content (AvgIpc) is 3.07. The maximum absolute atomic E-state index is 12.9. The van der Waals surface area contributed by atoms with E-state index in [2.05, 4.69) is 0 Å². The minimum Gasteiger partial charge on any atom is -0.507 e. The van der Waals surface area contributed by atoms with Crippen molar-refractivity contribution in [2.75, 3.05) is 46.4 Å². The molecule has 0 aliphatic carbocycles. The van der Waals surface area contributed by atoms with Gasteiger partial charge in [-0.3, -0.25) is 4.79 Å². The number of aliphatic hydroxyl groups excluding tert-OH is 1. The first kappa shape index (κ1) is 20.4. The molecule has 0 amide bonds. The van der Waals surface area contributed by atoms with Crippen molar-refractivity contribution >= 4 is 11.9 Å². The van der Waals surface area contributed by atoms with E-state index in [9.17, 15) is 9.90 Å². The lowest BCUT2D eigenvalue weighted by Crippen LogP contribution is -3.27. The summed E-state index contributed by atoms with van der Waals surface area (Å²) in [5, 5.41) is 19.6. The maximum Gasteiger partial charge on any atom is 0.231 e. The molecule has 30 heavy (non-hydrogen) atoms. The summed E-state index contributed by atoms with van der Waals surface area (Å²) >= 11 is 0. The number of phenols is 1. The summed E-state index contributed by atoms with van der Waals surface area (Å²) in [5.41, 5.74) is 1.91. The number of hydrogen-bond donors (Lipinski definition) is 4. The predicted molar refractivity (Wildman–Crippen MR) is 111 cm³/mol. The Bertz CT molecular complexity index is 964. The van der Waals surface area contributed by atoms with Gasteiger partial charge in [0.1, 0.15) is 50.8 Å². The Morgan fingerprint density at radius 1 is 1.10 bits per heavy atom. The van der Waals surface area contributed by atoms with Gasteiger partial charge in [-0.2, -0.15) is 0 Å². The van der Waals surface area contributed by atoms with Gasteiger partial charge in [0, 0.05) is 5.56 Å². The highest BCUT2D eigenvalue weighted by Gasteiger charge is 2.33. The van der Waals surface area contributed by atoms with Gasteiger partial charge >= 0.3 is 0 Å². The number of allylic oxidation sites excluding steroid dienone is 1. The Hall–Kier alpha value is -2.87. The highest BCUT2D eigenvalue weighted by molar-refractivity contribution is 6.15. The molecular weight excluding hydrogens is 384 g/mol. The van der Waals surface area contributed by atoms with E-state index in [0.717, 1.165) is 38.3 Å². The molecule has 158 valence electrons. The van der Waals surface area contributed by atoms with Gasteiger partial charge in [-0.25, -0.2) is 0 Å². The number of carbonyl (C=O) groups excluding carboxylic acids is 1. The number of carbonyl (C=O) groups is 1. The van der Waals surface area contributed by atoms with Crippen LogP contribution in [0.1, 0.15) is 21.5 Å². The molecule has 0 bridgehead atoms. The molecular formula is C23H28N2O5+2. The van der Waals surface area contributed by atoms with E-state index in [1.54, 1.807) is 25.3 Å². The summed E-state index contributed by atoms with van der Waals surface area (Å²) in [7, 11) is 1.59. The molecule has 4 rings (SSSR count). The third-order valence-electron chi connectivity index (χ3n) is 5.90. The number of piperazine rings is 1. The third-order valence-corrected chi connectivity index (χ3v) is 5.90. The Kier molecular flexibility index (Phi) is 6.03. The number of quaternary nitrogens is 2. The van der Waals surface area contributed by atoms with E-state index >= 15 is 0 Å². The van der Waals surface area contributed by atoms with Crippen LogP contribution >= 0.6 is 0 Å². The number of hydrogen-bond acceptors (Lipinski definition) is 5. The highest BCUT2D eigenvalue weighted by Crippen LogP contribution is 2.39. The van der Waals surface area contributed by atoms with Crippen molar-refractivity contribution in [2.24, 2.45) is 0 Å². The van der Waals surface area contributed by atoms with Crippen LogP contribution in [-0.2, 0) is 6.54 Å². The number of rotatable bonds is 6. The maximum atomic E-state index is 12.9. The van der Waals surface area contributed by atoms with Crippen LogP contribution < -0.4 is 19.3 Å². The number of aromatic hydroxyl groups is 1. The van der Waals surface area contributed by atoms with E-state index < -0.39 is 0 Å². The molecule has 0 radical (unpaired) electrons. The SMILES string of the molecule is COc1ccccc1/C=C1\Oc2c(ccc(O)c2C[NH+]2CC[NH+](CCO)CC2)C1=O. The second-order valence-electron chi connectivity index (χ2n) is 7.77. The standard InChI is InChI=1S/C23H26N2O5/c1-29-20-5-3-2-4-16(20)14-21-22(28)17-6-7-19(27)18(23(17)30-21)15-25-10-8-24(9-11-25)12-13-26/h2-7,14,26-27H,8-13,15H2,1H3/p+2/b21-14-. The molecule has 0 unspecified atom stereocenters. The Morgan fingerprint density at radius 3 is 2.57 bits per heavy atom. The predicted octanol–water partition coefficient (Wildman–Crippen LogP) is -0.707. The minimum atomic E-state index is -0.190. The van der Waals surface area contributed by atoms with Crippen LogP contribution in [-0.4, -0.2) is 62.4 Å². The molecule has 2 aliphatic heterocycles. The fourth-order valence-electron chi connectivity index (χ4n) is 4.19. The summed E-state index contributed by atoms with van der Waals surface area (Å²) in [4.78, 5) is 15.7. The zero-order chi connectivity index (χ0) is 21.1. The first-order chi connectivity index (χ1) is 14.6. The Labute approximate surface area is 175 Å². The third kappa shape index (κ3) is 4.05. The van der Waals surface area contributed by atoms with Crippen molar-refractivity contribution < 1.29 is 34.3 Å². The summed E-state index contributed by atoms with van der Waals surface area (Å²) < 4.78 is 11.3. The largest absolute Gasteiger partial charge is 0.507 e. The van der Waals surface area contributed by atoms with Crippen LogP contribution in [0.2, 0.25) is 0 Å². The quantitative estimate of drug-likeness (QED) is 0.472. The molecule has 2 aromatic carbocycles. The van der Waals surface area contributed by atoms with Gasteiger partial charge in [-0.05, 0) is 24.3 Å². The number of Topliss-reactive ketones (excluding diaryl/α,β-unsaturated/α-hetero) is 1. The Morgan fingerprint density at radius 2 is 1.83 bits per heavy atom. The van der Waals surface area contributed by atoms with Gasteiger partial charge in [0.05, 0.1) is 24.8 Å². The second kappa shape index (κ2) is 8.87. The van der Waals surface area contributed by atoms with Crippen molar-refractivity contribution in [3.63, 3.8) is 0 Å². The number of phenolic OH excluding ortho intramolecular Hbond substituents is 1. The van der Waals surface area contributed by atoms with E-state index in [4.69, 9.17) is 14.6 Å². The van der Waals surface area contributed by atoms with Gasteiger partial charge < -0.3 is 29.5 Å². The fraction of sp³-hybridized carbons (Fsp3) is 0.348. The average molecular weight is 412 g/mol. The summed E-state index contributed by atoms with van der Waals surface area (Å²) in [6, 6.07) is 10.6. The molecule has 4 N–H and O–H groups in total. The summed E-state index contributed by atoms with van der Waals surface area (Å²) in [5.74, 6) is 1.31. The first-order valence-electron chi connectivity index (χ1n) is 10.3. The Balaban J connectivity index is 1.57. The molecule has 0 spiro atoms. The number of ether oxygens (including phenoxy) is 2. The number of methoxy groups -OCH3 is 1. The van der Waals surface area contributed by atoms with Crippen LogP contribution in [0.15, 0.2) is 42.2 Å². The zero-order valence-corrected chi connectivity index (χ0v) is 17.1. The molecule has 2 aliphatic rings. The van der Waals surface area contributed by atoms with Gasteiger partial charge in [0.25, 0.3) is 0 Å². The number of para-hydroxylation sites is 1. The van der Waals surface area contributed by atoms with Crippen molar-refractivity contribution in [3.8, 4) is 17.2 Å². The van der Waals surface area contributed by atoms with Crippen LogP contribution in [0.3, 0.4) is 0 Å². The van der Waals surface area contributed by atoms with E-state index in [1.807, 2.05) is 24.3 Å². The molecule has 1 saturated heterocycles. The first-order valence-corrected chi connectivity index (χ1v) is 10.3. The van der Waals surface area contributed by atoms with E-state index in [0.29, 0.717) is 29.2 Å². The molecule has 2 heterocycles. The topological polar surface area (TPSA) is 84.9 Å². The lowest BCUT2D eigenvalue weighted by Gasteiger charge is -2.29. The number of aliphatic hydroxyl groups is 1.